The van der Waals surface area contributed by atoms with Crippen LogP contribution in [0.4, 0.5) is 10.5 Å². The van der Waals surface area contributed by atoms with Crippen molar-refractivity contribution in [2.75, 3.05) is 25.5 Å². The van der Waals surface area contributed by atoms with Crippen LogP contribution in [0.25, 0.3) is 0 Å². The molecular formula is C16H21BrN2O4. The first kappa shape index (κ1) is 17.6. The zero-order chi connectivity index (χ0) is 17.1. The average Bonchev–Trinajstić information content (AvgIpc) is 2.49. The van der Waals surface area contributed by atoms with E-state index in [4.69, 9.17) is 4.74 Å². The van der Waals surface area contributed by atoms with E-state index in [2.05, 4.69) is 21.2 Å². The Hall–Kier alpha value is -1.76. The number of aryl methyl sites for hydroxylation is 1. The normalized spacial score (nSPS) is 21.0. The molecule has 1 aromatic carbocycles. The van der Waals surface area contributed by atoms with Gasteiger partial charge in [0.25, 0.3) is 0 Å². The Morgan fingerprint density at radius 3 is 2.70 bits per heavy atom. The third-order valence-corrected chi connectivity index (χ3v) is 4.87. The van der Waals surface area contributed by atoms with Crippen LogP contribution in [0.1, 0.15) is 18.9 Å². The van der Waals surface area contributed by atoms with Gasteiger partial charge in [0.05, 0.1) is 18.7 Å². The number of carbonyl (C=O) groups is 2. The molecule has 1 saturated heterocycles. The molecule has 0 saturated carbocycles. The standard InChI is InChI=1S/C16H21BrN2O4/c1-9-4-11(15(20)21)8-19(7-9)16(22)18-13-6-12(17)10(2)5-14(13)23-3/h5-6,9,11H,4,7-8H2,1-3H3,(H,18,22)(H,20,21). The van der Waals surface area contributed by atoms with Crippen molar-refractivity contribution in [1.29, 1.82) is 0 Å². The third kappa shape index (κ3) is 4.16. The Balaban J connectivity index is 2.15. The SMILES string of the molecule is COc1cc(C)c(Br)cc1NC(=O)N1CC(C)CC(C(=O)O)C1. The third-order valence-electron chi connectivity index (χ3n) is 4.02. The molecule has 7 heteroatoms. The van der Waals surface area contributed by atoms with Gasteiger partial charge in [-0.2, -0.15) is 0 Å². The molecule has 1 aromatic rings. The van der Waals surface area contributed by atoms with Gasteiger partial charge in [0.2, 0.25) is 0 Å². The highest BCUT2D eigenvalue weighted by Crippen LogP contribution is 2.32. The van der Waals surface area contributed by atoms with Crippen LogP contribution in [0, 0.1) is 18.8 Å². The minimum Gasteiger partial charge on any atom is -0.495 e. The number of carbonyl (C=O) groups excluding carboxylic acids is 1. The van der Waals surface area contributed by atoms with E-state index < -0.39 is 11.9 Å². The van der Waals surface area contributed by atoms with Gasteiger partial charge in [-0.1, -0.05) is 22.9 Å². The topological polar surface area (TPSA) is 78.9 Å². The molecule has 0 radical (unpaired) electrons. The Kier molecular flexibility index (Phi) is 5.51. The molecule has 1 aliphatic heterocycles. The summed E-state index contributed by atoms with van der Waals surface area (Å²) in [6, 6.07) is 3.31. The first-order chi connectivity index (χ1) is 10.8. The fraction of sp³-hybridized carbons (Fsp3) is 0.500. The van der Waals surface area contributed by atoms with E-state index in [1.54, 1.807) is 18.1 Å². The van der Waals surface area contributed by atoms with Gasteiger partial charge in [0.15, 0.2) is 0 Å². The van der Waals surface area contributed by atoms with Gasteiger partial charge in [0, 0.05) is 17.6 Å². The van der Waals surface area contributed by atoms with E-state index in [-0.39, 0.29) is 18.5 Å². The number of piperidine rings is 1. The van der Waals surface area contributed by atoms with E-state index in [0.717, 1.165) is 10.0 Å². The number of nitrogens with one attached hydrogen (secondary N) is 1. The Morgan fingerprint density at radius 1 is 1.39 bits per heavy atom. The Morgan fingerprint density at radius 2 is 2.09 bits per heavy atom. The van der Waals surface area contributed by atoms with Crippen LogP contribution in [0.5, 0.6) is 5.75 Å². The summed E-state index contributed by atoms with van der Waals surface area (Å²) in [6.07, 6.45) is 0.596. The number of methoxy groups -OCH3 is 1. The molecule has 0 aromatic heterocycles. The highest BCUT2D eigenvalue weighted by atomic mass is 79.9. The Bertz CT molecular complexity index is 620. The molecule has 126 valence electrons. The van der Waals surface area contributed by atoms with Crippen molar-refractivity contribution < 1.29 is 19.4 Å². The minimum atomic E-state index is -0.856. The zero-order valence-electron chi connectivity index (χ0n) is 13.4. The number of likely N-dealkylation sites (tertiary alicyclic amines) is 1. The number of halogens is 1. The van der Waals surface area contributed by atoms with Crippen LogP contribution < -0.4 is 10.1 Å². The van der Waals surface area contributed by atoms with Gasteiger partial charge >= 0.3 is 12.0 Å². The molecule has 0 bridgehead atoms. The maximum Gasteiger partial charge on any atom is 0.321 e. The zero-order valence-corrected chi connectivity index (χ0v) is 15.0. The number of urea groups is 1. The number of anilines is 1. The number of hydrogen-bond acceptors (Lipinski definition) is 3. The molecule has 2 unspecified atom stereocenters. The highest BCUT2D eigenvalue weighted by molar-refractivity contribution is 9.10. The molecule has 2 atom stereocenters. The second kappa shape index (κ2) is 7.21. The van der Waals surface area contributed by atoms with Crippen molar-refractivity contribution in [2.24, 2.45) is 11.8 Å². The predicted octanol–water partition coefficient (Wildman–Crippen LogP) is 3.34. The molecule has 1 aliphatic rings. The molecule has 0 spiro atoms. The first-order valence-electron chi connectivity index (χ1n) is 7.44. The molecule has 1 heterocycles. The number of ether oxygens (including phenoxy) is 1. The number of carboxylic acid groups (broad SMARTS) is 1. The second-order valence-corrected chi connectivity index (χ2v) is 6.87. The lowest BCUT2D eigenvalue weighted by Gasteiger charge is -2.34. The quantitative estimate of drug-likeness (QED) is 0.837. The second-order valence-electron chi connectivity index (χ2n) is 6.01. The summed E-state index contributed by atoms with van der Waals surface area (Å²) >= 11 is 3.44. The van der Waals surface area contributed by atoms with Crippen molar-refractivity contribution in [1.82, 2.24) is 4.90 Å². The molecule has 2 amide bonds. The predicted molar refractivity (Wildman–Crippen MR) is 90.9 cm³/mol. The van der Waals surface area contributed by atoms with Crippen LogP contribution in [-0.2, 0) is 4.79 Å². The molecule has 0 aliphatic carbocycles. The fourth-order valence-electron chi connectivity index (χ4n) is 2.81. The van der Waals surface area contributed by atoms with E-state index in [9.17, 15) is 14.7 Å². The van der Waals surface area contributed by atoms with Gasteiger partial charge < -0.3 is 20.1 Å². The molecule has 6 nitrogen and oxygen atoms in total. The molecular weight excluding hydrogens is 364 g/mol. The van der Waals surface area contributed by atoms with Crippen LogP contribution in [0.3, 0.4) is 0 Å². The van der Waals surface area contributed by atoms with Crippen molar-refractivity contribution in [3.63, 3.8) is 0 Å². The van der Waals surface area contributed by atoms with Crippen LogP contribution in [0.2, 0.25) is 0 Å². The highest BCUT2D eigenvalue weighted by Gasteiger charge is 2.32. The molecule has 2 N–H and O–H groups in total. The number of carboxylic acids is 1. The van der Waals surface area contributed by atoms with Crippen molar-refractivity contribution in [3.8, 4) is 5.75 Å². The van der Waals surface area contributed by atoms with Gasteiger partial charge in [-0.25, -0.2) is 4.79 Å². The molecule has 23 heavy (non-hydrogen) atoms. The minimum absolute atomic E-state index is 0.155. The summed E-state index contributed by atoms with van der Waals surface area (Å²) in [4.78, 5) is 25.3. The largest absolute Gasteiger partial charge is 0.495 e. The lowest BCUT2D eigenvalue weighted by Crippen LogP contribution is -2.47. The van der Waals surface area contributed by atoms with E-state index in [0.29, 0.717) is 24.4 Å². The Labute approximate surface area is 143 Å². The number of hydrogen-bond donors (Lipinski definition) is 2. The van der Waals surface area contributed by atoms with Crippen LogP contribution >= 0.6 is 15.9 Å². The van der Waals surface area contributed by atoms with Crippen LogP contribution in [0.15, 0.2) is 16.6 Å². The van der Waals surface area contributed by atoms with Gasteiger partial charge in [-0.15, -0.1) is 0 Å². The smallest absolute Gasteiger partial charge is 0.321 e. The van der Waals surface area contributed by atoms with Crippen LogP contribution in [-0.4, -0.2) is 42.2 Å². The number of rotatable bonds is 3. The summed E-state index contributed by atoms with van der Waals surface area (Å²) in [6.45, 7) is 4.66. The maximum atomic E-state index is 12.5. The van der Waals surface area contributed by atoms with Gasteiger partial charge in [-0.3, -0.25) is 4.79 Å². The summed E-state index contributed by atoms with van der Waals surface area (Å²) in [5.74, 6) is -0.651. The lowest BCUT2D eigenvalue weighted by molar-refractivity contribution is -0.143. The lowest BCUT2D eigenvalue weighted by atomic mass is 9.91. The number of amides is 2. The van der Waals surface area contributed by atoms with Gasteiger partial charge in [0.1, 0.15) is 5.75 Å². The van der Waals surface area contributed by atoms with E-state index in [1.165, 1.54) is 0 Å². The number of nitrogens with zero attached hydrogens (tertiary/aromatic N) is 1. The van der Waals surface area contributed by atoms with Crippen molar-refractivity contribution in [3.05, 3.63) is 22.2 Å². The maximum absolute atomic E-state index is 12.5. The first-order valence-corrected chi connectivity index (χ1v) is 8.24. The molecule has 2 rings (SSSR count). The fourth-order valence-corrected chi connectivity index (χ4v) is 3.16. The summed E-state index contributed by atoms with van der Waals surface area (Å²) in [5, 5.41) is 12.0. The molecule has 1 fully saturated rings. The average molecular weight is 385 g/mol. The van der Waals surface area contributed by atoms with E-state index in [1.807, 2.05) is 19.9 Å². The van der Waals surface area contributed by atoms with Crippen molar-refractivity contribution in [2.45, 2.75) is 20.3 Å². The summed E-state index contributed by atoms with van der Waals surface area (Å²) in [5.41, 5.74) is 1.55. The summed E-state index contributed by atoms with van der Waals surface area (Å²) in [7, 11) is 1.54. The monoisotopic (exact) mass is 384 g/mol. The van der Waals surface area contributed by atoms with Gasteiger partial charge in [-0.05, 0) is 37.0 Å². The number of aliphatic carboxylic acids is 1. The van der Waals surface area contributed by atoms with Crippen molar-refractivity contribution >= 4 is 33.6 Å². The summed E-state index contributed by atoms with van der Waals surface area (Å²) < 4.78 is 6.17. The van der Waals surface area contributed by atoms with E-state index >= 15 is 0 Å². The number of benzene rings is 1.